The monoisotopic (exact) mass is 513 g/mol. The Morgan fingerprint density at radius 3 is 2.86 bits per heavy atom. The van der Waals surface area contributed by atoms with Gasteiger partial charge in [-0.3, -0.25) is 9.36 Å². The summed E-state index contributed by atoms with van der Waals surface area (Å²) in [7, 11) is -3.13. The van der Waals surface area contributed by atoms with Gasteiger partial charge in [0, 0.05) is 0 Å². The normalized spacial score (nSPS) is 34.5. The van der Waals surface area contributed by atoms with E-state index in [0.29, 0.717) is 11.2 Å². The van der Waals surface area contributed by atoms with Crippen LogP contribution in [0.1, 0.15) is 50.8 Å². The van der Waals surface area contributed by atoms with Crippen molar-refractivity contribution in [3.05, 3.63) is 24.2 Å². The molecule has 5 N–H and O–H groups in total. The van der Waals surface area contributed by atoms with Crippen molar-refractivity contribution in [3.8, 4) is 0 Å². The van der Waals surface area contributed by atoms with Crippen LogP contribution in [-0.2, 0) is 23.4 Å². The topological polar surface area (TPSA) is 171 Å². The molecule has 3 aliphatic rings. The lowest BCUT2D eigenvalue weighted by molar-refractivity contribution is -0.152. The molecular weight excluding hydrogens is 484 g/mol. The number of aromatic nitrogens is 3. The number of aliphatic hydroxyl groups excluding tert-OH is 1. The number of carbonyl (C=O) groups excluding carboxylic acids is 1. The fourth-order valence-corrected chi connectivity index (χ4v) is 6.32. The van der Waals surface area contributed by atoms with Gasteiger partial charge in [-0.25, -0.2) is 19.0 Å². The molecule has 5 rings (SSSR count). The first kappa shape index (κ1) is 24.5. The lowest BCUT2D eigenvalue weighted by Gasteiger charge is -2.24. The summed E-state index contributed by atoms with van der Waals surface area (Å²) in [6.45, 7) is 0.285. The number of fused-ring (bicyclic) bond motifs is 2. The van der Waals surface area contributed by atoms with Crippen molar-refractivity contribution < 1.29 is 38.0 Å². The molecule has 1 aliphatic heterocycles. The Hall–Kier alpha value is -2.15. The zero-order valence-electron chi connectivity index (χ0n) is 19.1. The highest BCUT2D eigenvalue weighted by atomic mass is 31.1. The van der Waals surface area contributed by atoms with E-state index < -0.39 is 56.4 Å². The number of carbonyl (C=O) groups is 1. The molecule has 2 aromatic rings. The van der Waals surface area contributed by atoms with E-state index in [2.05, 4.69) is 15.2 Å². The second kappa shape index (κ2) is 9.06. The number of hydrogen-bond donors (Lipinski definition) is 4. The maximum Gasteiger partial charge on any atom is 0.323 e. The van der Waals surface area contributed by atoms with Gasteiger partial charge in [-0.2, -0.15) is 5.10 Å². The lowest BCUT2D eigenvalue weighted by Crippen LogP contribution is -2.37. The second-order valence-corrected chi connectivity index (χ2v) is 10.5. The number of ether oxygens (including phenoxy) is 2. The molecule has 14 heteroatoms. The highest BCUT2D eigenvalue weighted by Crippen LogP contribution is 2.66. The van der Waals surface area contributed by atoms with E-state index in [1.54, 1.807) is 12.1 Å². The van der Waals surface area contributed by atoms with Crippen LogP contribution in [0.5, 0.6) is 0 Å². The van der Waals surface area contributed by atoms with Gasteiger partial charge < -0.3 is 29.9 Å². The largest absolute Gasteiger partial charge is 0.461 e. The number of alkyl halides is 1. The van der Waals surface area contributed by atoms with Gasteiger partial charge >= 0.3 is 5.97 Å². The van der Waals surface area contributed by atoms with Crippen LogP contribution in [0.25, 0.3) is 5.52 Å². The fourth-order valence-electron chi connectivity index (χ4n) is 5.19. The molecular formula is C21H29FN5O7P. The van der Waals surface area contributed by atoms with Crippen LogP contribution < -0.4 is 10.8 Å². The summed E-state index contributed by atoms with van der Waals surface area (Å²) in [6.07, 6.45) is 1.59. The van der Waals surface area contributed by atoms with Gasteiger partial charge in [-0.05, 0) is 44.7 Å². The van der Waals surface area contributed by atoms with Crippen LogP contribution in [0.3, 0.4) is 0 Å². The Balaban J connectivity index is 1.24. The van der Waals surface area contributed by atoms with Crippen molar-refractivity contribution in [1.29, 1.82) is 0 Å². The van der Waals surface area contributed by atoms with Gasteiger partial charge in [0.05, 0.1) is 5.69 Å². The van der Waals surface area contributed by atoms with Gasteiger partial charge in [0.25, 0.3) is 8.18 Å². The second-order valence-electron chi connectivity index (χ2n) is 9.38. The highest BCUT2D eigenvalue weighted by molar-refractivity contribution is 7.36. The molecule has 3 heterocycles. The summed E-state index contributed by atoms with van der Waals surface area (Å²) < 4.78 is 44.8. The van der Waals surface area contributed by atoms with Gasteiger partial charge in [-0.15, -0.1) is 0 Å². The van der Waals surface area contributed by atoms with E-state index in [-0.39, 0.29) is 11.9 Å². The van der Waals surface area contributed by atoms with Crippen molar-refractivity contribution >= 4 is 25.5 Å². The molecule has 0 spiro atoms. The van der Waals surface area contributed by atoms with Crippen LogP contribution in [-0.4, -0.2) is 73.0 Å². The zero-order chi connectivity index (χ0) is 25.0. The zero-order valence-corrected chi connectivity index (χ0v) is 20.1. The first-order valence-electron chi connectivity index (χ1n) is 11.6. The predicted octanol–water partition coefficient (Wildman–Crippen LogP) is 0.826. The number of aliphatic hydroxyl groups is 2. The van der Waals surface area contributed by atoms with Crippen LogP contribution in [0.2, 0.25) is 0 Å². The van der Waals surface area contributed by atoms with E-state index in [9.17, 15) is 24.0 Å². The smallest absolute Gasteiger partial charge is 0.323 e. The Kier molecular flexibility index (Phi) is 6.35. The van der Waals surface area contributed by atoms with Crippen LogP contribution >= 0.6 is 8.18 Å². The average Bonchev–Trinajstić information content (AvgIpc) is 3.10. The third-order valence-electron chi connectivity index (χ3n) is 7.24. The third-order valence-corrected chi connectivity index (χ3v) is 8.36. The number of nitrogens with two attached hydrogens (primary N) is 1. The summed E-state index contributed by atoms with van der Waals surface area (Å²) in [5, 5.41) is 28.6. The van der Waals surface area contributed by atoms with Crippen LogP contribution in [0.4, 0.5) is 10.2 Å². The van der Waals surface area contributed by atoms with Crippen molar-refractivity contribution in [3.63, 3.8) is 0 Å². The van der Waals surface area contributed by atoms with E-state index in [1.807, 2.05) is 0 Å². The maximum atomic E-state index is 14.2. The molecule has 3 fully saturated rings. The number of rotatable bonds is 8. The lowest BCUT2D eigenvalue weighted by atomic mass is 9.98. The molecule has 1 saturated heterocycles. The minimum Gasteiger partial charge on any atom is -0.461 e. The Bertz CT molecular complexity index is 1140. The molecule has 2 aromatic heterocycles. The number of halogens is 1. The summed E-state index contributed by atoms with van der Waals surface area (Å²) in [5.41, 5.74) is 2.55. The number of hydrogen-bond acceptors (Lipinski definition) is 10. The highest BCUT2D eigenvalue weighted by Gasteiger charge is 2.89. The molecule has 0 bridgehead atoms. The van der Waals surface area contributed by atoms with Crippen LogP contribution in [0.15, 0.2) is 18.5 Å². The van der Waals surface area contributed by atoms with Crippen molar-refractivity contribution in [2.45, 2.75) is 80.7 Å². The van der Waals surface area contributed by atoms with Crippen molar-refractivity contribution in [2.24, 2.45) is 0 Å². The number of anilines is 1. The van der Waals surface area contributed by atoms with Gasteiger partial charge in [0.2, 0.25) is 0 Å². The summed E-state index contributed by atoms with van der Waals surface area (Å²) in [6, 6.07) is 2.25. The number of nitrogens with one attached hydrogen (secondary N) is 1. The Labute approximate surface area is 200 Å². The molecule has 0 aromatic carbocycles. The SMILES string of the molecule is C[C@H](N[PH](=O)OC1[C@@]2(CF)O[C@@H](c3ccc4c(N)ncnn34)[C@H](O)[C@@]12O)C(=O)OC1CCCCC1. The minimum atomic E-state index is -3.13. The van der Waals surface area contributed by atoms with E-state index in [0.717, 1.165) is 32.1 Å². The molecule has 7 atom stereocenters. The van der Waals surface area contributed by atoms with E-state index in [1.165, 1.54) is 17.8 Å². The Morgan fingerprint density at radius 1 is 1.43 bits per heavy atom. The standard InChI is InChI=1S/C21H29FN5O7P/c1-11(18(29)32-12-5-3-2-4-6-12)26-35(31)34-19-20(9-22)21(19,30)16(28)15(33-20)13-7-8-14-17(23)24-10-25-27(13)14/h7-8,10-12,15-16,19,28,30,35H,2-6,9H2,1H3,(H,26,31)(H2,23,24,25)/t11-,15-,16-,19?,20+,21+/m0/s1. The molecule has 2 saturated carbocycles. The number of nitrogens with zero attached hydrogens (tertiary/aromatic N) is 3. The van der Waals surface area contributed by atoms with Gasteiger partial charge in [-0.1, -0.05) is 6.42 Å². The summed E-state index contributed by atoms with van der Waals surface area (Å²) in [5.74, 6) is -0.365. The molecule has 12 nitrogen and oxygen atoms in total. The fraction of sp³-hybridized carbons (Fsp3) is 0.667. The summed E-state index contributed by atoms with van der Waals surface area (Å²) in [4.78, 5) is 16.2. The van der Waals surface area contributed by atoms with Crippen molar-refractivity contribution in [2.75, 3.05) is 12.4 Å². The predicted molar refractivity (Wildman–Crippen MR) is 120 cm³/mol. The molecule has 192 valence electrons. The third kappa shape index (κ3) is 3.85. The Morgan fingerprint density at radius 2 is 2.17 bits per heavy atom. The molecule has 2 aliphatic carbocycles. The number of esters is 1. The quantitative estimate of drug-likeness (QED) is 0.291. The van der Waals surface area contributed by atoms with E-state index >= 15 is 0 Å². The van der Waals surface area contributed by atoms with E-state index in [4.69, 9.17) is 19.7 Å². The van der Waals surface area contributed by atoms with Gasteiger partial charge in [0.15, 0.2) is 17.0 Å². The van der Waals surface area contributed by atoms with Crippen LogP contribution in [0, 0.1) is 0 Å². The first-order chi connectivity index (χ1) is 16.7. The maximum absolute atomic E-state index is 14.2. The summed E-state index contributed by atoms with van der Waals surface area (Å²) >= 11 is 0. The van der Waals surface area contributed by atoms with Gasteiger partial charge in [0.1, 0.15) is 49.0 Å². The molecule has 35 heavy (non-hydrogen) atoms. The van der Waals surface area contributed by atoms with Crippen molar-refractivity contribution in [1.82, 2.24) is 19.7 Å². The number of nitrogen functional groups attached to an aromatic ring is 1. The molecule has 0 amide bonds. The molecule has 0 radical (unpaired) electrons. The average molecular weight is 513 g/mol. The minimum absolute atomic E-state index is 0.159. The first-order valence-corrected chi connectivity index (χ1v) is 12.9. The molecule has 2 unspecified atom stereocenters.